The SMILES string of the molecule is COCOC(C#N)(C#N)c1c(F)c(F)c(C(=O)O)c(C2=c3cc4c(cc3[Si](C)(C)c3cc5c(cc32)C(C)=CC(C)(C)N5C)=[N+](C)C(C)(C)C=C4C)c1F. The van der Waals surface area contributed by atoms with Crippen LogP contribution in [0.4, 0.5) is 18.9 Å². The molecule has 3 aromatic rings. The summed E-state index contributed by atoms with van der Waals surface area (Å²) in [7, 11) is 2.36. The largest absolute Gasteiger partial charge is 0.478 e. The standard InChI is InChI=1S/C41H41F3N4O4Si/c1-21-16-39(3,4)47(7)27-14-29-25(12-23(21)27)31(26-13-24-22(2)17-40(5,6)48(8)28(24)15-30(26)53(29,10)11)32-33(38(49)50)36(43)37(44)34(35(32)42)41(18-45,19-46)52-20-51-9/h12-17H,20H2,1-11H3/p+1. The topological polar surface area (TPSA) is 110 Å². The number of nitriles is 2. The Morgan fingerprint density at radius 3 is 2.15 bits per heavy atom. The lowest BCUT2D eigenvalue weighted by atomic mass is 9.82. The van der Waals surface area contributed by atoms with E-state index in [2.05, 4.69) is 74.5 Å². The van der Waals surface area contributed by atoms with E-state index >= 15 is 13.2 Å². The Labute approximate surface area is 308 Å². The number of rotatable bonds is 6. The monoisotopic (exact) mass is 739 g/mol. The molecule has 3 aliphatic rings. The first kappa shape index (κ1) is 37.7. The molecule has 0 fully saturated rings. The van der Waals surface area contributed by atoms with Gasteiger partial charge in [-0.15, -0.1) is 0 Å². The molecule has 1 N–H and O–H groups in total. The van der Waals surface area contributed by atoms with Crippen LogP contribution < -0.4 is 30.4 Å². The van der Waals surface area contributed by atoms with Crippen LogP contribution >= 0.6 is 0 Å². The van der Waals surface area contributed by atoms with Gasteiger partial charge >= 0.3 is 5.97 Å². The molecule has 274 valence electrons. The number of hydrogen-bond donors (Lipinski definition) is 1. The maximum Gasteiger partial charge on any atom is 0.339 e. The second-order valence-corrected chi connectivity index (χ2v) is 20.1. The number of carboxylic acids is 1. The smallest absolute Gasteiger partial charge is 0.339 e. The van der Waals surface area contributed by atoms with Gasteiger partial charge in [0.2, 0.25) is 5.36 Å². The molecule has 0 radical (unpaired) electrons. The molecule has 0 saturated heterocycles. The number of fused-ring (bicyclic) bond motifs is 4. The summed E-state index contributed by atoms with van der Waals surface area (Å²) >= 11 is 0. The maximum atomic E-state index is 17.6. The van der Waals surface area contributed by atoms with Gasteiger partial charge in [-0.05, 0) is 89.8 Å². The van der Waals surface area contributed by atoms with Crippen LogP contribution in [-0.4, -0.2) is 58.2 Å². The molecule has 0 aliphatic carbocycles. The van der Waals surface area contributed by atoms with Gasteiger partial charge in [0.05, 0.1) is 11.1 Å². The van der Waals surface area contributed by atoms with E-state index in [4.69, 9.17) is 9.47 Å². The molecule has 3 aromatic carbocycles. The Kier molecular flexibility index (Phi) is 8.74. The van der Waals surface area contributed by atoms with Crippen molar-refractivity contribution in [3.05, 3.63) is 97.8 Å². The summed E-state index contributed by atoms with van der Waals surface area (Å²) in [4.78, 5) is 15.2. The van der Waals surface area contributed by atoms with Crippen LogP contribution in [0.3, 0.4) is 0 Å². The molecule has 0 saturated carbocycles. The van der Waals surface area contributed by atoms with Crippen molar-refractivity contribution in [2.45, 2.75) is 71.3 Å². The minimum atomic E-state index is -3.03. The van der Waals surface area contributed by atoms with Gasteiger partial charge in [0.25, 0.3) is 5.60 Å². The molecule has 0 unspecified atom stereocenters. The fourth-order valence-corrected chi connectivity index (χ4v) is 11.3. The molecule has 12 heteroatoms. The highest BCUT2D eigenvalue weighted by molar-refractivity contribution is 7.01. The third-order valence-corrected chi connectivity index (χ3v) is 15.0. The van der Waals surface area contributed by atoms with Crippen molar-refractivity contribution in [3.8, 4) is 12.1 Å². The summed E-state index contributed by atoms with van der Waals surface area (Å²) in [6.07, 6.45) is 4.20. The number of methoxy groups -OCH3 is 1. The van der Waals surface area contributed by atoms with Crippen LogP contribution in [0.1, 0.15) is 79.7 Å². The lowest BCUT2D eigenvalue weighted by Gasteiger charge is -2.43. The average Bonchev–Trinajstić information content (AvgIpc) is 3.08. The molecule has 0 atom stereocenters. The van der Waals surface area contributed by atoms with Crippen molar-refractivity contribution in [1.82, 2.24) is 4.58 Å². The second kappa shape index (κ2) is 12.3. The van der Waals surface area contributed by atoms with Gasteiger partial charge in [0, 0.05) is 56.4 Å². The molecule has 53 heavy (non-hydrogen) atoms. The number of likely N-dealkylation sites (N-methyl/N-ethyl adjacent to an activating group) is 2. The normalized spacial score (nSPS) is 17.8. The number of carboxylic acid groups (broad SMARTS) is 1. The Morgan fingerprint density at radius 2 is 1.57 bits per heavy atom. The van der Waals surface area contributed by atoms with E-state index in [1.165, 1.54) is 19.2 Å². The van der Waals surface area contributed by atoms with Crippen molar-refractivity contribution in [2.24, 2.45) is 0 Å². The van der Waals surface area contributed by atoms with E-state index in [1.54, 1.807) is 0 Å². The highest BCUT2D eigenvalue weighted by atomic mass is 28.3. The number of allylic oxidation sites excluding steroid dienone is 2. The van der Waals surface area contributed by atoms with Gasteiger partial charge in [-0.2, -0.15) is 10.5 Å². The first-order valence-corrected chi connectivity index (χ1v) is 20.1. The number of halogens is 3. The fourth-order valence-electron chi connectivity index (χ4n) is 8.23. The van der Waals surface area contributed by atoms with E-state index in [0.29, 0.717) is 10.8 Å². The van der Waals surface area contributed by atoms with Crippen LogP contribution in [-0.2, 0) is 15.1 Å². The zero-order valence-corrected chi connectivity index (χ0v) is 32.8. The summed E-state index contributed by atoms with van der Waals surface area (Å²) in [5, 5.41) is 33.9. The third-order valence-electron chi connectivity index (χ3n) is 11.4. The zero-order valence-electron chi connectivity index (χ0n) is 31.8. The second-order valence-electron chi connectivity index (χ2n) is 15.7. The van der Waals surface area contributed by atoms with Crippen molar-refractivity contribution < 1.29 is 32.5 Å². The number of carbonyl (C=O) groups is 1. The molecule has 0 amide bonds. The van der Waals surface area contributed by atoms with Gasteiger partial charge < -0.3 is 19.5 Å². The van der Waals surface area contributed by atoms with Crippen molar-refractivity contribution in [2.75, 3.05) is 32.9 Å². The van der Waals surface area contributed by atoms with Crippen LogP contribution in [0.2, 0.25) is 13.1 Å². The number of aromatic carboxylic acids is 1. The van der Waals surface area contributed by atoms with E-state index in [-0.39, 0.29) is 16.7 Å². The highest BCUT2D eigenvalue weighted by Gasteiger charge is 2.47. The van der Waals surface area contributed by atoms with E-state index in [9.17, 15) is 20.4 Å². The Hall–Kier alpha value is -5.01. The average molecular weight is 740 g/mol. The molecule has 6 rings (SSSR count). The fraction of sp³-hybridized carbons (Fsp3) is 0.366. The van der Waals surface area contributed by atoms with Gasteiger partial charge in [-0.25, -0.2) is 22.5 Å². The van der Waals surface area contributed by atoms with E-state index in [0.717, 1.165) is 43.7 Å². The molecule has 3 heterocycles. The van der Waals surface area contributed by atoms with Crippen LogP contribution in [0.25, 0.3) is 16.7 Å². The molecular weight excluding hydrogens is 698 g/mol. The zero-order chi connectivity index (χ0) is 39.3. The van der Waals surface area contributed by atoms with Crippen molar-refractivity contribution in [3.63, 3.8) is 0 Å². The first-order chi connectivity index (χ1) is 24.6. The number of ether oxygens (including phenoxy) is 2. The van der Waals surface area contributed by atoms with Crippen LogP contribution in [0, 0.1) is 40.1 Å². The third kappa shape index (κ3) is 5.30. The Balaban J connectivity index is 1.93. The quantitative estimate of drug-likeness (QED) is 0.164. The van der Waals surface area contributed by atoms with Crippen molar-refractivity contribution >= 4 is 46.8 Å². The molecule has 0 aromatic heterocycles. The van der Waals surface area contributed by atoms with Gasteiger partial charge in [0.1, 0.15) is 45.4 Å². The Bertz CT molecular complexity index is 2460. The lowest BCUT2D eigenvalue weighted by molar-refractivity contribution is -0.0861. The number of benzene rings is 3. The first-order valence-electron chi connectivity index (χ1n) is 17.1. The summed E-state index contributed by atoms with van der Waals surface area (Å²) in [6, 6.07) is 10.9. The summed E-state index contributed by atoms with van der Waals surface area (Å²) < 4.78 is 62.4. The number of anilines is 1. The van der Waals surface area contributed by atoms with E-state index in [1.807, 2.05) is 40.1 Å². The van der Waals surface area contributed by atoms with Crippen LogP contribution in [0.15, 0.2) is 36.4 Å². The minimum Gasteiger partial charge on any atom is -0.478 e. The summed E-state index contributed by atoms with van der Waals surface area (Å²) in [5.41, 5.74) is -2.31. The predicted molar refractivity (Wildman–Crippen MR) is 201 cm³/mol. The van der Waals surface area contributed by atoms with Crippen LogP contribution in [0.5, 0.6) is 0 Å². The lowest BCUT2D eigenvalue weighted by Crippen LogP contribution is -2.65. The molecule has 0 bridgehead atoms. The summed E-state index contributed by atoms with van der Waals surface area (Å²) in [6.45, 7) is 15.9. The highest BCUT2D eigenvalue weighted by Crippen LogP contribution is 2.43. The van der Waals surface area contributed by atoms with Gasteiger partial charge in [-0.3, -0.25) is 0 Å². The number of nitrogens with zero attached hydrogens (tertiary/aromatic N) is 4. The van der Waals surface area contributed by atoms with E-state index < -0.39 is 60.6 Å². The molecule has 0 spiro atoms. The Morgan fingerprint density at radius 1 is 0.943 bits per heavy atom. The molecule has 3 aliphatic heterocycles. The van der Waals surface area contributed by atoms with Crippen molar-refractivity contribution in [1.29, 1.82) is 10.5 Å². The maximum absolute atomic E-state index is 17.6. The minimum absolute atomic E-state index is 0.0135. The predicted octanol–water partition coefficient (Wildman–Crippen LogP) is 5.00. The molecular formula is C41H42F3N4O4Si+. The van der Waals surface area contributed by atoms with Gasteiger partial charge in [0.15, 0.2) is 17.2 Å². The molecule has 8 nitrogen and oxygen atoms in total. The number of hydrogen-bond acceptors (Lipinski definition) is 6. The van der Waals surface area contributed by atoms with Gasteiger partial charge in [-0.1, -0.05) is 19.2 Å². The summed E-state index contributed by atoms with van der Waals surface area (Å²) in [5.74, 6) is -7.47.